The van der Waals surface area contributed by atoms with Crippen molar-refractivity contribution >= 4 is 34.8 Å². The van der Waals surface area contributed by atoms with Crippen LogP contribution in [0, 0.1) is 11.3 Å². The second-order valence-corrected chi connectivity index (χ2v) is 6.77. The van der Waals surface area contributed by atoms with Gasteiger partial charge in [0.05, 0.1) is 18.1 Å². The predicted octanol–water partition coefficient (Wildman–Crippen LogP) is 4.68. The molecule has 3 aromatic carbocycles. The lowest BCUT2D eigenvalue weighted by Crippen LogP contribution is -2.21. The summed E-state index contributed by atoms with van der Waals surface area (Å²) < 4.78 is 5.57. The molecule has 3 aromatic rings. The first-order valence-corrected chi connectivity index (χ1v) is 9.47. The van der Waals surface area contributed by atoms with Crippen molar-refractivity contribution < 1.29 is 14.3 Å². The molecule has 3 rings (SSSR count). The second-order valence-electron chi connectivity index (χ2n) is 6.33. The summed E-state index contributed by atoms with van der Waals surface area (Å²) >= 11 is 6.03. The molecule has 0 aliphatic carbocycles. The first-order chi connectivity index (χ1) is 14.5. The van der Waals surface area contributed by atoms with E-state index < -0.39 is 5.91 Å². The standard InChI is InChI=1S/C23H18ClN3O3/c24-17-8-11-21(20(14-17)23(29)27-18-4-2-1-3-5-18)30-15-22(28)26-19-9-6-16(7-10-19)12-13-25/h1-11,14H,12,15H2,(H,26,28)(H,27,29). The van der Waals surface area contributed by atoms with Crippen LogP contribution in [0.5, 0.6) is 5.75 Å². The molecule has 0 aliphatic heterocycles. The molecule has 0 unspecified atom stereocenters. The van der Waals surface area contributed by atoms with Gasteiger partial charge >= 0.3 is 0 Å². The van der Waals surface area contributed by atoms with E-state index in [-0.39, 0.29) is 23.8 Å². The van der Waals surface area contributed by atoms with Crippen LogP contribution in [0.15, 0.2) is 72.8 Å². The zero-order valence-electron chi connectivity index (χ0n) is 15.9. The van der Waals surface area contributed by atoms with Gasteiger partial charge in [0.2, 0.25) is 0 Å². The fourth-order valence-corrected chi connectivity index (χ4v) is 2.84. The average Bonchev–Trinajstić information content (AvgIpc) is 2.75. The summed E-state index contributed by atoms with van der Waals surface area (Å²) in [6.45, 7) is -0.285. The summed E-state index contributed by atoms with van der Waals surface area (Å²) in [6.07, 6.45) is 0.307. The summed E-state index contributed by atoms with van der Waals surface area (Å²) in [5.41, 5.74) is 2.30. The van der Waals surface area contributed by atoms with Gasteiger partial charge in [-0.15, -0.1) is 0 Å². The van der Waals surface area contributed by atoms with Gasteiger partial charge in [0.25, 0.3) is 11.8 Å². The number of carbonyl (C=O) groups is 2. The maximum Gasteiger partial charge on any atom is 0.262 e. The number of nitrogens with one attached hydrogen (secondary N) is 2. The molecule has 0 fully saturated rings. The van der Waals surface area contributed by atoms with Crippen LogP contribution < -0.4 is 15.4 Å². The van der Waals surface area contributed by atoms with E-state index in [9.17, 15) is 9.59 Å². The first-order valence-electron chi connectivity index (χ1n) is 9.09. The van der Waals surface area contributed by atoms with Gasteiger partial charge in [-0.1, -0.05) is 41.9 Å². The Morgan fingerprint density at radius 2 is 1.63 bits per heavy atom. The Morgan fingerprint density at radius 1 is 0.933 bits per heavy atom. The molecule has 2 amide bonds. The fourth-order valence-electron chi connectivity index (χ4n) is 2.66. The molecule has 0 radical (unpaired) electrons. The number of anilines is 2. The largest absolute Gasteiger partial charge is 0.483 e. The van der Waals surface area contributed by atoms with Crippen LogP contribution in [0.1, 0.15) is 15.9 Å². The molecule has 150 valence electrons. The third-order valence-electron chi connectivity index (χ3n) is 4.10. The average molecular weight is 420 g/mol. The molecule has 0 aliphatic rings. The van der Waals surface area contributed by atoms with Gasteiger partial charge in [0.1, 0.15) is 5.75 Å². The monoisotopic (exact) mass is 419 g/mol. The van der Waals surface area contributed by atoms with Crippen molar-refractivity contribution in [2.24, 2.45) is 0 Å². The van der Waals surface area contributed by atoms with Gasteiger partial charge in [-0.2, -0.15) is 5.26 Å². The Bertz CT molecular complexity index is 1080. The molecular formula is C23H18ClN3O3. The number of halogens is 1. The minimum Gasteiger partial charge on any atom is -0.483 e. The van der Waals surface area contributed by atoms with Crippen molar-refractivity contribution in [3.05, 3.63) is 88.9 Å². The molecule has 0 bridgehead atoms. The van der Waals surface area contributed by atoms with Crippen molar-refractivity contribution in [1.82, 2.24) is 0 Å². The lowest BCUT2D eigenvalue weighted by Gasteiger charge is -2.12. The van der Waals surface area contributed by atoms with Gasteiger partial charge in [-0.3, -0.25) is 9.59 Å². The highest BCUT2D eigenvalue weighted by Gasteiger charge is 2.15. The van der Waals surface area contributed by atoms with E-state index in [1.165, 1.54) is 6.07 Å². The molecule has 0 saturated carbocycles. The SMILES string of the molecule is N#CCc1ccc(NC(=O)COc2ccc(Cl)cc2C(=O)Nc2ccccc2)cc1. The van der Waals surface area contributed by atoms with Crippen molar-refractivity contribution in [3.63, 3.8) is 0 Å². The summed E-state index contributed by atoms with van der Waals surface area (Å²) in [4.78, 5) is 24.9. The first kappa shape index (κ1) is 20.9. The maximum absolute atomic E-state index is 12.6. The molecule has 0 spiro atoms. The van der Waals surface area contributed by atoms with Gasteiger partial charge in [0, 0.05) is 16.4 Å². The highest BCUT2D eigenvalue weighted by Crippen LogP contribution is 2.24. The number of ether oxygens (including phenoxy) is 1. The number of nitrogens with zero attached hydrogens (tertiary/aromatic N) is 1. The van der Waals surface area contributed by atoms with Crippen LogP contribution in [0.2, 0.25) is 5.02 Å². The molecule has 0 aromatic heterocycles. The van der Waals surface area contributed by atoms with Crippen molar-refractivity contribution in [2.45, 2.75) is 6.42 Å². The molecule has 0 saturated heterocycles. The number of nitriles is 1. The number of para-hydroxylation sites is 1. The zero-order valence-corrected chi connectivity index (χ0v) is 16.6. The Kier molecular flexibility index (Phi) is 7.04. The second kappa shape index (κ2) is 10.1. The topological polar surface area (TPSA) is 91.2 Å². The van der Waals surface area contributed by atoms with Crippen LogP contribution in [0.3, 0.4) is 0 Å². The number of carbonyl (C=O) groups excluding carboxylic acids is 2. The number of hydrogen-bond acceptors (Lipinski definition) is 4. The lowest BCUT2D eigenvalue weighted by molar-refractivity contribution is -0.118. The molecule has 0 atom stereocenters. The summed E-state index contributed by atoms with van der Waals surface area (Å²) in [5, 5.41) is 14.6. The van der Waals surface area contributed by atoms with E-state index in [4.69, 9.17) is 21.6 Å². The highest BCUT2D eigenvalue weighted by atomic mass is 35.5. The van der Waals surface area contributed by atoms with Crippen LogP contribution in [0.4, 0.5) is 11.4 Å². The number of rotatable bonds is 7. The smallest absolute Gasteiger partial charge is 0.262 e. The van der Waals surface area contributed by atoms with Gasteiger partial charge < -0.3 is 15.4 Å². The Hall–Kier alpha value is -3.82. The zero-order chi connectivity index (χ0) is 21.3. The minimum atomic E-state index is -0.396. The number of amides is 2. The van der Waals surface area contributed by atoms with E-state index in [0.29, 0.717) is 22.8 Å². The summed E-state index contributed by atoms with van der Waals surface area (Å²) in [6, 6.07) is 22.6. The van der Waals surface area contributed by atoms with Crippen LogP contribution in [-0.4, -0.2) is 18.4 Å². The molecule has 0 heterocycles. The van der Waals surface area contributed by atoms with Crippen LogP contribution >= 0.6 is 11.6 Å². The van der Waals surface area contributed by atoms with Crippen molar-refractivity contribution in [1.29, 1.82) is 5.26 Å². The van der Waals surface area contributed by atoms with Crippen molar-refractivity contribution in [2.75, 3.05) is 17.2 Å². The predicted molar refractivity (Wildman–Crippen MR) is 116 cm³/mol. The van der Waals surface area contributed by atoms with Gasteiger partial charge in [-0.05, 0) is 48.0 Å². The maximum atomic E-state index is 12.6. The number of benzene rings is 3. The van der Waals surface area contributed by atoms with Crippen molar-refractivity contribution in [3.8, 4) is 11.8 Å². The van der Waals surface area contributed by atoms with E-state index in [2.05, 4.69) is 16.7 Å². The number of hydrogen-bond donors (Lipinski definition) is 2. The fraction of sp³-hybridized carbons (Fsp3) is 0.0870. The van der Waals surface area contributed by atoms with E-state index in [1.807, 2.05) is 18.2 Å². The van der Waals surface area contributed by atoms with Gasteiger partial charge in [-0.25, -0.2) is 0 Å². The molecular weight excluding hydrogens is 402 g/mol. The lowest BCUT2D eigenvalue weighted by atomic mass is 10.1. The third-order valence-corrected chi connectivity index (χ3v) is 4.33. The van der Waals surface area contributed by atoms with E-state index >= 15 is 0 Å². The summed E-state index contributed by atoms with van der Waals surface area (Å²) in [7, 11) is 0. The van der Waals surface area contributed by atoms with Crippen LogP contribution in [0.25, 0.3) is 0 Å². The Labute approximate surface area is 179 Å². The Balaban J connectivity index is 1.64. The van der Waals surface area contributed by atoms with E-state index in [1.54, 1.807) is 48.5 Å². The quantitative estimate of drug-likeness (QED) is 0.581. The summed E-state index contributed by atoms with van der Waals surface area (Å²) in [5.74, 6) is -0.535. The Morgan fingerprint density at radius 3 is 2.33 bits per heavy atom. The van der Waals surface area contributed by atoms with E-state index in [0.717, 1.165) is 5.56 Å². The minimum absolute atomic E-state index is 0.222. The molecule has 30 heavy (non-hydrogen) atoms. The van der Waals surface area contributed by atoms with Crippen LogP contribution in [-0.2, 0) is 11.2 Å². The molecule has 2 N–H and O–H groups in total. The molecule has 7 heteroatoms. The normalized spacial score (nSPS) is 10.0. The van der Waals surface area contributed by atoms with Gasteiger partial charge in [0.15, 0.2) is 6.61 Å². The third kappa shape index (κ3) is 5.84. The highest BCUT2D eigenvalue weighted by molar-refractivity contribution is 6.31. The molecule has 6 nitrogen and oxygen atoms in total.